The summed E-state index contributed by atoms with van der Waals surface area (Å²) in [6, 6.07) is 6.52. The maximum absolute atomic E-state index is 13.3. The van der Waals surface area contributed by atoms with Gasteiger partial charge in [0.15, 0.2) is 0 Å². The summed E-state index contributed by atoms with van der Waals surface area (Å²) >= 11 is 0. The number of benzene rings is 2. The van der Waals surface area contributed by atoms with Crippen LogP contribution < -0.4 is 0 Å². The van der Waals surface area contributed by atoms with Gasteiger partial charge in [0.25, 0.3) is 23.6 Å². The smallest absolute Gasteiger partial charge is 0.261 e. The number of nitrogens with zero attached hydrogens (tertiary/aromatic N) is 2. The van der Waals surface area contributed by atoms with Crippen LogP contribution in [0.5, 0.6) is 0 Å². The summed E-state index contributed by atoms with van der Waals surface area (Å²) in [6.45, 7) is 2.37. The molecule has 1 aliphatic carbocycles. The van der Waals surface area contributed by atoms with E-state index in [0.717, 1.165) is 44.9 Å². The zero-order valence-electron chi connectivity index (χ0n) is 17.1. The molecule has 154 valence electrons. The van der Waals surface area contributed by atoms with Crippen molar-refractivity contribution >= 4 is 34.4 Å². The lowest BCUT2D eigenvalue weighted by atomic mass is 9.84. The van der Waals surface area contributed by atoms with Crippen LogP contribution in [-0.4, -0.2) is 46.0 Å². The average Bonchev–Trinajstić information content (AvgIpc) is 2.77. The molecule has 0 atom stereocenters. The minimum atomic E-state index is -0.348. The van der Waals surface area contributed by atoms with E-state index in [1.165, 1.54) is 9.80 Å². The molecule has 2 heterocycles. The summed E-state index contributed by atoms with van der Waals surface area (Å²) in [5, 5.41) is 0.918. The lowest BCUT2D eigenvalue weighted by Gasteiger charge is -2.37. The quantitative estimate of drug-likeness (QED) is 0.717. The van der Waals surface area contributed by atoms with Gasteiger partial charge in [0.1, 0.15) is 0 Å². The van der Waals surface area contributed by atoms with Gasteiger partial charge in [-0.25, -0.2) is 0 Å². The molecule has 6 nitrogen and oxygen atoms in total. The maximum atomic E-state index is 13.3. The predicted molar refractivity (Wildman–Crippen MR) is 112 cm³/mol. The number of rotatable bonds is 4. The largest absolute Gasteiger partial charge is 0.274 e. The molecule has 0 bridgehead atoms. The number of hydrogen-bond acceptors (Lipinski definition) is 4. The summed E-state index contributed by atoms with van der Waals surface area (Å²) in [6.07, 6.45) is 6.42. The van der Waals surface area contributed by atoms with E-state index in [9.17, 15) is 19.2 Å². The molecule has 2 aromatic rings. The van der Waals surface area contributed by atoms with Crippen LogP contribution in [0, 0.1) is 0 Å². The Labute approximate surface area is 174 Å². The van der Waals surface area contributed by atoms with Crippen molar-refractivity contribution in [1.82, 2.24) is 9.80 Å². The second kappa shape index (κ2) is 7.04. The van der Waals surface area contributed by atoms with Crippen LogP contribution in [0.1, 0.15) is 93.3 Å². The molecule has 1 saturated carbocycles. The first-order valence-electron chi connectivity index (χ1n) is 10.9. The highest BCUT2D eigenvalue weighted by molar-refractivity contribution is 6.33. The molecule has 0 aromatic heterocycles. The van der Waals surface area contributed by atoms with Gasteiger partial charge in [-0.1, -0.05) is 32.6 Å². The van der Waals surface area contributed by atoms with Crippen molar-refractivity contribution in [1.29, 1.82) is 0 Å². The zero-order chi connectivity index (χ0) is 21.0. The number of amides is 4. The van der Waals surface area contributed by atoms with Crippen LogP contribution in [0.3, 0.4) is 0 Å². The van der Waals surface area contributed by atoms with Gasteiger partial charge in [0.2, 0.25) is 0 Å². The lowest BCUT2D eigenvalue weighted by molar-refractivity contribution is 0.0498. The molecule has 0 spiro atoms. The fourth-order valence-electron chi connectivity index (χ4n) is 5.13. The number of carbonyl (C=O) groups is 4. The van der Waals surface area contributed by atoms with E-state index >= 15 is 0 Å². The highest BCUT2D eigenvalue weighted by atomic mass is 16.2. The summed E-state index contributed by atoms with van der Waals surface area (Å²) in [5.74, 6) is -1.31. The van der Waals surface area contributed by atoms with Crippen molar-refractivity contribution in [2.24, 2.45) is 0 Å². The van der Waals surface area contributed by atoms with E-state index in [-0.39, 0.29) is 29.7 Å². The Balaban J connectivity index is 1.67. The molecule has 0 saturated heterocycles. The van der Waals surface area contributed by atoms with E-state index < -0.39 is 0 Å². The molecule has 0 unspecified atom stereocenters. The van der Waals surface area contributed by atoms with Crippen LogP contribution >= 0.6 is 0 Å². The van der Waals surface area contributed by atoms with Crippen LogP contribution in [-0.2, 0) is 0 Å². The number of hydrogen-bond donors (Lipinski definition) is 0. The molecule has 2 aromatic carbocycles. The standard InChI is InChI=1S/C24H24N2O4/c1-2-3-13-25-21(27)15-9-11-17-20-18(12-10-16(19(15)20)22(25)28)24(30)26(23(17)29)14-7-5-4-6-8-14/h9-12,14H,2-8,13H2,1H3. The van der Waals surface area contributed by atoms with Crippen molar-refractivity contribution in [2.75, 3.05) is 6.54 Å². The predicted octanol–water partition coefficient (Wildman–Crippen LogP) is 4.16. The third-order valence-corrected chi connectivity index (χ3v) is 6.69. The second-order valence-corrected chi connectivity index (χ2v) is 8.46. The van der Waals surface area contributed by atoms with Crippen LogP contribution in [0.4, 0.5) is 0 Å². The topological polar surface area (TPSA) is 74.8 Å². The fourth-order valence-corrected chi connectivity index (χ4v) is 5.13. The molecule has 0 N–H and O–H groups in total. The molecule has 1 fully saturated rings. The zero-order valence-corrected chi connectivity index (χ0v) is 17.1. The van der Waals surface area contributed by atoms with Gasteiger partial charge in [-0.3, -0.25) is 29.0 Å². The molecule has 2 aliphatic heterocycles. The Morgan fingerprint density at radius 3 is 1.67 bits per heavy atom. The minimum Gasteiger partial charge on any atom is -0.274 e. The number of imide groups is 2. The average molecular weight is 404 g/mol. The summed E-state index contributed by atoms with van der Waals surface area (Å²) in [5.41, 5.74) is 1.62. The van der Waals surface area contributed by atoms with Crippen LogP contribution in [0.2, 0.25) is 0 Å². The maximum Gasteiger partial charge on any atom is 0.261 e. The molecule has 3 aliphatic rings. The first-order chi connectivity index (χ1) is 14.5. The highest BCUT2D eigenvalue weighted by Crippen LogP contribution is 2.39. The second-order valence-electron chi connectivity index (χ2n) is 8.46. The third-order valence-electron chi connectivity index (χ3n) is 6.69. The van der Waals surface area contributed by atoms with Crippen molar-refractivity contribution in [3.8, 4) is 0 Å². The van der Waals surface area contributed by atoms with Gasteiger partial charge < -0.3 is 0 Å². The van der Waals surface area contributed by atoms with Crippen molar-refractivity contribution in [2.45, 2.75) is 57.9 Å². The van der Waals surface area contributed by atoms with Crippen molar-refractivity contribution < 1.29 is 19.2 Å². The van der Waals surface area contributed by atoms with Crippen LogP contribution in [0.15, 0.2) is 24.3 Å². The van der Waals surface area contributed by atoms with Gasteiger partial charge in [-0.05, 0) is 43.5 Å². The molecule has 6 heteroatoms. The molecular formula is C24H24N2O4. The first kappa shape index (κ1) is 19.0. The third kappa shape index (κ3) is 2.56. The summed E-state index contributed by atoms with van der Waals surface area (Å²) in [4.78, 5) is 55.5. The Hall–Kier alpha value is -3.02. The molecular weight excluding hydrogens is 380 g/mol. The Morgan fingerprint density at radius 1 is 0.733 bits per heavy atom. The van der Waals surface area contributed by atoms with Crippen molar-refractivity contribution in [3.63, 3.8) is 0 Å². The van der Waals surface area contributed by atoms with Gasteiger partial charge in [-0.15, -0.1) is 0 Å². The minimum absolute atomic E-state index is 0.0815. The Bertz CT molecular complexity index is 1040. The summed E-state index contributed by atoms with van der Waals surface area (Å²) < 4.78 is 0. The molecule has 0 radical (unpaired) electrons. The molecule has 4 amide bonds. The van der Waals surface area contributed by atoms with Gasteiger partial charge >= 0.3 is 0 Å². The van der Waals surface area contributed by atoms with E-state index in [2.05, 4.69) is 0 Å². The summed E-state index contributed by atoms with van der Waals surface area (Å²) in [7, 11) is 0. The lowest BCUT2D eigenvalue weighted by Crippen LogP contribution is -2.48. The number of unbranched alkanes of at least 4 members (excludes halogenated alkanes) is 1. The highest BCUT2D eigenvalue weighted by Gasteiger charge is 2.41. The monoisotopic (exact) mass is 404 g/mol. The molecule has 30 heavy (non-hydrogen) atoms. The van der Waals surface area contributed by atoms with E-state index in [0.29, 0.717) is 39.6 Å². The van der Waals surface area contributed by atoms with E-state index in [1.807, 2.05) is 6.92 Å². The first-order valence-corrected chi connectivity index (χ1v) is 10.9. The van der Waals surface area contributed by atoms with E-state index in [4.69, 9.17) is 0 Å². The van der Waals surface area contributed by atoms with Gasteiger partial charge in [0, 0.05) is 45.6 Å². The Morgan fingerprint density at radius 2 is 1.20 bits per heavy atom. The normalized spacial score (nSPS) is 19.2. The van der Waals surface area contributed by atoms with Gasteiger partial charge in [0.05, 0.1) is 0 Å². The number of carbonyl (C=O) groups excluding carboxylic acids is 4. The van der Waals surface area contributed by atoms with Crippen molar-refractivity contribution in [3.05, 3.63) is 46.5 Å². The fraction of sp³-hybridized carbons (Fsp3) is 0.417. The molecule has 5 rings (SSSR count). The van der Waals surface area contributed by atoms with Gasteiger partial charge in [-0.2, -0.15) is 0 Å². The van der Waals surface area contributed by atoms with Crippen LogP contribution in [0.25, 0.3) is 10.8 Å². The SMILES string of the molecule is CCCCN1C(=O)c2ccc3c4c(ccc(c24)C1=O)C(=O)N(C1CCCCC1)C3=O. The Kier molecular flexibility index (Phi) is 4.45. The van der Waals surface area contributed by atoms with E-state index in [1.54, 1.807) is 24.3 Å².